The number of aromatic nitrogens is 1. The summed E-state index contributed by atoms with van der Waals surface area (Å²) in [5, 5.41) is 19.2. The van der Waals surface area contributed by atoms with E-state index in [2.05, 4.69) is 4.98 Å². The number of hydrogen-bond acceptors (Lipinski definition) is 7. The van der Waals surface area contributed by atoms with Crippen molar-refractivity contribution in [2.75, 3.05) is 18.8 Å². The van der Waals surface area contributed by atoms with E-state index >= 15 is 0 Å². The van der Waals surface area contributed by atoms with Crippen molar-refractivity contribution in [3.8, 4) is 5.75 Å². The minimum absolute atomic E-state index is 0.0342. The van der Waals surface area contributed by atoms with Gasteiger partial charge in [-0.3, -0.25) is 15.0 Å². The Morgan fingerprint density at radius 1 is 1.14 bits per heavy atom. The molecule has 11 heteroatoms. The molecule has 1 aliphatic heterocycles. The predicted octanol–water partition coefficient (Wildman–Crippen LogP) is 2.63. The molecule has 4 rings (SSSR count). The van der Waals surface area contributed by atoms with Crippen molar-refractivity contribution in [1.82, 2.24) is 15.4 Å². The average Bonchev–Trinajstić information content (AvgIpc) is 3.25. The molecule has 0 saturated carbocycles. The van der Waals surface area contributed by atoms with Crippen LogP contribution in [0.25, 0.3) is 10.9 Å². The third-order valence-electron chi connectivity index (χ3n) is 6.10. The number of sulfone groups is 1. The van der Waals surface area contributed by atoms with E-state index in [1.165, 1.54) is 17.6 Å². The Morgan fingerprint density at radius 3 is 2.54 bits per heavy atom. The van der Waals surface area contributed by atoms with Gasteiger partial charge in [-0.05, 0) is 43.3 Å². The van der Waals surface area contributed by atoms with Gasteiger partial charge in [0.1, 0.15) is 12.4 Å². The largest absolute Gasteiger partial charge is 0.489 e. The molecule has 1 saturated heterocycles. The van der Waals surface area contributed by atoms with Gasteiger partial charge in [0.15, 0.2) is 9.84 Å². The molecule has 2 atom stereocenters. The van der Waals surface area contributed by atoms with E-state index in [0.29, 0.717) is 5.75 Å². The summed E-state index contributed by atoms with van der Waals surface area (Å²) < 4.78 is 31.9. The number of fused-ring (bicyclic) bond motifs is 1. The zero-order valence-electron chi connectivity index (χ0n) is 18.9. The second-order valence-corrected chi connectivity index (χ2v) is 10.5. The van der Waals surface area contributed by atoms with Crippen LogP contribution in [0, 0.1) is 18.8 Å². The number of hydrogen-bond donors (Lipinski definition) is 3. The Labute approximate surface area is 202 Å². The van der Waals surface area contributed by atoms with Gasteiger partial charge >= 0.3 is 6.09 Å². The smallest absolute Gasteiger partial charge is 0.407 e. The van der Waals surface area contributed by atoms with E-state index in [9.17, 15) is 23.1 Å². The zero-order valence-corrected chi connectivity index (χ0v) is 19.7. The quantitative estimate of drug-likeness (QED) is 0.332. The molecule has 2 aromatic carbocycles. The summed E-state index contributed by atoms with van der Waals surface area (Å²) in [6, 6.07) is 15.6. The summed E-state index contributed by atoms with van der Waals surface area (Å²) in [7, 11) is -3.83. The molecule has 1 aliphatic rings. The fourth-order valence-corrected chi connectivity index (χ4v) is 6.02. The molecule has 3 aromatic rings. The number of nitrogens with one attached hydrogen (secondary N) is 1. The SMILES string of the molecule is Cc1cc(COc2ccc(S(=O)(=O)C[C@@H]3CN(C(=O)O)C[C@@H]3C(=O)NO)cc2)c2ccccc2n1. The van der Waals surface area contributed by atoms with Crippen LogP contribution in [0.15, 0.2) is 59.5 Å². The molecule has 2 heterocycles. The van der Waals surface area contributed by atoms with Crippen LogP contribution < -0.4 is 10.2 Å². The summed E-state index contributed by atoms with van der Waals surface area (Å²) in [5.74, 6) is -2.51. The highest BCUT2D eigenvalue weighted by Gasteiger charge is 2.42. The van der Waals surface area contributed by atoms with Crippen LogP contribution in [-0.2, 0) is 21.2 Å². The molecule has 10 nitrogen and oxygen atoms in total. The number of carboxylic acid groups (broad SMARTS) is 1. The van der Waals surface area contributed by atoms with Gasteiger partial charge in [0, 0.05) is 35.7 Å². The third-order valence-corrected chi connectivity index (χ3v) is 7.96. The molecule has 0 bridgehead atoms. The Bertz CT molecular complexity index is 1360. The maximum absolute atomic E-state index is 13.0. The number of para-hydroxylation sites is 1. The number of carbonyl (C=O) groups excluding carboxylic acids is 1. The fourth-order valence-electron chi connectivity index (χ4n) is 4.37. The van der Waals surface area contributed by atoms with E-state index < -0.39 is 39.4 Å². The second kappa shape index (κ2) is 9.88. The van der Waals surface area contributed by atoms with E-state index in [-0.39, 0.29) is 24.6 Å². The molecular formula is C24H25N3O7S. The number of aryl methyl sites for hydroxylation is 1. The fraction of sp³-hybridized carbons (Fsp3) is 0.292. The number of rotatable bonds is 7. The van der Waals surface area contributed by atoms with Crippen molar-refractivity contribution in [3.63, 3.8) is 0 Å². The Morgan fingerprint density at radius 2 is 1.86 bits per heavy atom. The van der Waals surface area contributed by atoms with Crippen molar-refractivity contribution in [1.29, 1.82) is 0 Å². The first kappa shape index (κ1) is 24.4. The van der Waals surface area contributed by atoms with Crippen molar-refractivity contribution < 1.29 is 33.1 Å². The summed E-state index contributed by atoms with van der Waals surface area (Å²) in [6.45, 7) is 1.89. The van der Waals surface area contributed by atoms with E-state index in [4.69, 9.17) is 9.94 Å². The lowest BCUT2D eigenvalue weighted by Gasteiger charge is -2.16. The molecule has 1 aromatic heterocycles. The summed E-state index contributed by atoms with van der Waals surface area (Å²) in [5.41, 5.74) is 4.19. The van der Waals surface area contributed by atoms with Crippen LogP contribution in [0.4, 0.5) is 4.79 Å². The van der Waals surface area contributed by atoms with E-state index in [0.717, 1.165) is 27.1 Å². The molecule has 2 amide bonds. The zero-order chi connectivity index (χ0) is 25.2. The number of pyridine rings is 1. The first-order valence-electron chi connectivity index (χ1n) is 10.9. The van der Waals surface area contributed by atoms with Gasteiger partial charge in [-0.1, -0.05) is 18.2 Å². The third kappa shape index (κ3) is 5.36. The number of benzene rings is 2. The lowest BCUT2D eigenvalue weighted by molar-refractivity contribution is -0.133. The van der Waals surface area contributed by atoms with Crippen molar-refractivity contribution in [3.05, 3.63) is 65.9 Å². The summed E-state index contributed by atoms with van der Waals surface area (Å²) in [4.78, 5) is 28.8. The molecule has 0 radical (unpaired) electrons. The molecule has 3 N–H and O–H groups in total. The van der Waals surface area contributed by atoms with Gasteiger partial charge < -0.3 is 14.7 Å². The van der Waals surface area contributed by atoms with E-state index in [1.54, 1.807) is 12.1 Å². The standard InChI is InChI=1S/C24H25N3O7S/c1-15-10-16(20-4-2-3-5-22(20)25-15)13-34-18-6-8-19(9-7-18)35(32,33)14-17-11-27(24(29)30)12-21(17)23(28)26-31/h2-10,17,21,31H,11-14H2,1H3,(H,26,28)(H,29,30)/t17-,21-/m0/s1. The van der Waals surface area contributed by atoms with Crippen LogP contribution in [0.2, 0.25) is 0 Å². The van der Waals surface area contributed by atoms with Crippen molar-refractivity contribution >= 4 is 32.7 Å². The maximum Gasteiger partial charge on any atom is 0.407 e. The Hall–Kier alpha value is -3.70. The Balaban J connectivity index is 1.46. The first-order valence-corrected chi connectivity index (χ1v) is 12.6. The normalized spacial score (nSPS) is 17.9. The summed E-state index contributed by atoms with van der Waals surface area (Å²) >= 11 is 0. The minimum Gasteiger partial charge on any atom is -0.489 e. The number of hydroxylamine groups is 1. The van der Waals surface area contributed by atoms with Crippen LogP contribution in [0.3, 0.4) is 0 Å². The monoisotopic (exact) mass is 499 g/mol. The topological polar surface area (TPSA) is 146 Å². The lowest BCUT2D eigenvalue weighted by Crippen LogP contribution is -2.35. The average molecular weight is 500 g/mol. The van der Waals surface area contributed by atoms with Gasteiger partial charge in [-0.15, -0.1) is 0 Å². The molecular weight excluding hydrogens is 474 g/mol. The van der Waals surface area contributed by atoms with Gasteiger partial charge in [-0.25, -0.2) is 18.7 Å². The Kier molecular flexibility index (Phi) is 6.90. The van der Waals surface area contributed by atoms with Gasteiger partial charge in [-0.2, -0.15) is 0 Å². The van der Waals surface area contributed by atoms with Crippen LogP contribution >= 0.6 is 0 Å². The molecule has 35 heavy (non-hydrogen) atoms. The molecule has 0 spiro atoms. The van der Waals surface area contributed by atoms with Gasteiger partial charge in [0.05, 0.1) is 22.1 Å². The van der Waals surface area contributed by atoms with Crippen LogP contribution in [0.5, 0.6) is 5.75 Å². The summed E-state index contributed by atoms with van der Waals surface area (Å²) in [6.07, 6.45) is -1.25. The molecule has 1 fully saturated rings. The predicted molar refractivity (Wildman–Crippen MR) is 126 cm³/mol. The molecule has 0 aliphatic carbocycles. The number of amides is 2. The molecule has 184 valence electrons. The highest BCUT2D eigenvalue weighted by molar-refractivity contribution is 7.91. The number of ether oxygens (including phenoxy) is 1. The van der Waals surface area contributed by atoms with Crippen molar-refractivity contribution in [2.45, 2.75) is 18.4 Å². The number of carbonyl (C=O) groups is 2. The van der Waals surface area contributed by atoms with Gasteiger partial charge in [0.2, 0.25) is 5.91 Å². The second-order valence-electron chi connectivity index (χ2n) is 8.51. The highest BCUT2D eigenvalue weighted by atomic mass is 32.2. The molecule has 0 unspecified atom stereocenters. The number of nitrogens with zero attached hydrogens (tertiary/aromatic N) is 2. The maximum atomic E-state index is 13.0. The van der Waals surface area contributed by atoms with E-state index in [1.807, 2.05) is 37.3 Å². The highest BCUT2D eigenvalue weighted by Crippen LogP contribution is 2.28. The van der Waals surface area contributed by atoms with Crippen LogP contribution in [0.1, 0.15) is 11.3 Å². The van der Waals surface area contributed by atoms with Gasteiger partial charge in [0.25, 0.3) is 0 Å². The van der Waals surface area contributed by atoms with Crippen molar-refractivity contribution in [2.24, 2.45) is 11.8 Å². The lowest BCUT2D eigenvalue weighted by atomic mass is 9.97. The minimum atomic E-state index is -3.83. The van der Waals surface area contributed by atoms with Crippen LogP contribution in [-0.4, -0.2) is 59.5 Å². The number of likely N-dealkylation sites (tertiary alicyclic amines) is 1. The first-order chi connectivity index (χ1) is 16.7.